The van der Waals surface area contributed by atoms with Crippen molar-refractivity contribution < 1.29 is 0 Å². The first-order valence-electron chi connectivity index (χ1n) is 4.81. The van der Waals surface area contributed by atoms with Gasteiger partial charge in [-0.1, -0.05) is 37.3 Å². The zero-order valence-electron chi connectivity index (χ0n) is 8.38. The Morgan fingerprint density at radius 2 is 1.93 bits per heavy atom. The van der Waals surface area contributed by atoms with Gasteiger partial charge in [-0.15, -0.1) is 0 Å². The number of hydrogen-bond donors (Lipinski definition) is 0. The summed E-state index contributed by atoms with van der Waals surface area (Å²) < 4.78 is 0. The van der Waals surface area contributed by atoms with Gasteiger partial charge in [0, 0.05) is 5.56 Å². The summed E-state index contributed by atoms with van der Waals surface area (Å²) in [6.07, 6.45) is 2.59. The van der Waals surface area contributed by atoms with Crippen molar-refractivity contribution in [3.05, 3.63) is 35.4 Å². The number of hydrogen-bond acceptors (Lipinski definition) is 1. The standard InChI is InChI=1S/C13H13N/c1-2-5-12-7-9-13(10-8-12)6-3-4-11-14/h7-10H,2,4-5H2,1H3. The Balaban J connectivity index is 2.66. The third-order valence-corrected chi connectivity index (χ3v) is 1.89. The predicted octanol–water partition coefficient (Wildman–Crippen LogP) is 2.90. The fourth-order valence-corrected chi connectivity index (χ4v) is 1.23. The van der Waals surface area contributed by atoms with Crippen molar-refractivity contribution in [3.63, 3.8) is 0 Å². The second-order valence-electron chi connectivity index (χ2n) is 3.08. The van der Waals surface area contributed by atoms with Gasteiger partial charge in [0.1, 0.15) is 0 Å². The molecule has 70 valence electrons. The molecule has 0 atom stereocenters. The second-order valence-corrected chi connectivity index (χ2v) is 3.08. The van der Waals surface area contributed by atoms with Crippen LogP contribution >= 0.6 is 0 Å². The number of nitrogens with zero attached hydrogens (tertiary/aromatic N) is 1. The normalized spacial score (nSPS) is 8.57. The fraction of sp³-hybridized carbons (Fsp3) is 0.308. The lowest BCUT2D eigenvalue weighted by Gasteiger charge is -1.97. The van der Waals surface area contributed by atoms with Crippen LogP contribution in [0.15, 0.2) is 24.3 Å². The van der Waals surface area contributed by atoms with Gasteiger partial charge in [-0.25, -0.2) is 0 Å². The zero-order valence-corrected chi connectivity index (χ0v) is 8.38. The first-order valence-corrected chi connectivity index (χ1v) is 4.81. The summed E-state index contributed by atoms with van der Waals surface area (Å²) in [6, 6.07) is 10.2. The Morgan fingerprint density at radius 3 is 2.50 bits per heavy atom. The number of aryl methyl sites for hydroxylation is 1. The van der Waals surface area contributed by atoms with E-state index in [-0.39, 0.29) is 0 Å². The molecule has 0 saturated heterocycles. The minimum absolute atomic E-state index is 0.302. The van der Waals surface area contributed by atoms with Crippen molar-refractivity contribution in [2.45, 2.75) is 26.2 Å². The maximum atomic E-state index is 8.31. The summed E-state index contributed by atoms with van der Waals surface area (Å²) in [7, 11) is 0. The van der Waals surface area contributed by atoms with Gasteiger partial charge in [0.15, 0.2) is 0 Å². The van der Waals surface area contributed by atoms with Crippen LogP contribution in [0.25, 0.3) is 0 Å². The van der Waals surface area contributed by atoms with Gasteiger partial charge in [0.25, 0.3) is 0 Å². The minimum atomic E-state index is 0.302. The zero-order chi connectivity index (χ0) is 10.2. The van der Waals surface area contributed by atoms with Crippen LogP contribution in [0.4, 0.5) is 0 Å². The summed E-state index contributed by atoms with van der Waals surface area (Å²) in [5.74, 6) is 5.73. The highest BCUT2D eigenvalue weighted by Gasteiger charge is 1.90. The molecule has 0 aliphatic carbocycles. The van der Waals surface area contributed by atoms with Gasteiger partial charge in [0.2, 0.25) is 0 Å². The molecule has 0 spiro atoms. The molecule has 1 heteroatoms. The molecular formula is C13H13N. The molecule has 1 aromatic carbocycles. The lowest BCUT2D eigenvalue weighted by molar-refractivity contribution is 0.922. The van der Waals surface area contributed by atoms with Crippen LogP contribution in [0.2, 0.25) is 0 Å². The molecule has 0 radical (unpaired) electrons. The van der Waals surface area contributed by atoms with E-state index < -0.39 is 0 Å². The van der Waals surface area contributed by atoms with Gasteiger partial charge in [-0.05, 0) is 24.1 Å². The van der Waals surface area contributed by atoms with Crippen molar-refractivity contribution in [1.29, 1.82) is 5.26 Å². The van der Waals surface area contributed by atoms with E-state index in [4.69, 9.17) is 5.26 Å². The van der Waals surface area contributed by atoms with Gasteiger partial charge in [-0.3, -0.25) is 0 Å². The Morgan fingerprint density at radius 1 is 1.21 bits per heavy atom. The highest BCUT2D eigenvalue weighted by atomic mass is 14.2. The van der Waals surface area contributed by atoms with E-state index in [1.165, 1.54) is 12.0 Å². The predicted molar refractivity (Wildman–Crippen MR) is 57.5 cm³/mol. The third kappa shape index (κ3) is 3.33. The number of nitriles is 1. The molecule has 0 heterocycles. The summed E-state index contributed by atoms with van der Waals surface area (Å²) in [4.78, 5) is 0. The first-order chi connectivity index (χ1) is 6.86. The van der Waals surface area contributed by atoms with Crippen LogP contribution in [-0.4, -0.2) is 0 Å². The smallest absolute Gasteiger partial charge is 0.0966 e. The summed E-state index contributed by atoms with van der Waals surface area (Å²) in [5.41, 5.74) is 2.33. The van der Waals surface area contributed by atoms with E-state index in [1.54, 1.807) is 0 Å². The molecular weight excluding hydrogens is 170 g/mol. The molecule has 0 amide bonds. The largest absolute Gasteiger partial charge is 0.197 e. The van der Waals surface area contributed by atoms with Crippen LogP contribution in [0, 0.1) is 23.2 Å². The molecule has 0 fully saturated rings. The fourth-order valence-electron chi connectivity index (χ4n) is 1.23. The highest BCUT2D eigenvalue weighted by molar-refractivity contribution is 5.36. The quantitative estimate of drug-likeness (QED) is 0.647. The number of rotatable bonds is 2. The van der Waals surface area contributed by atoms with E-state index in [0.717, 1.165) is 12.0 Å². The minimum Gasteiger partial charge on any atom is -0.197 e. The Labute approximate surface area is 85.4 Å². The van der Waals surface area contributed by atoms with Gasteiger partial charge in [0.05, 0.1) is 12.5 Å². The van der Waals surface area contributed by atoms with E-state index in [9.17, 15) is 0 Å². The molecule has 0 unspecified atom stereocenters. The second kappa shape index (κ2) is 5.84. The van der Waals surface area contributed by atoms with Crippen molar-refractivity contribution in [2.24, 2.45) is 0 Å². The Bertz CT molecular complexity index is 370. The van der Waals surface area contributed by atoms with E-state index in [2.05, 4.69) is 30.9 Å². The topological polar surface area (TPSA) is 23.8 Å². The molecule has 0 aromatic heterocycles. The molecule has 0 bridgehead atoms. The summed E-state index contributed by atoms with van der Waals surface area (Å²) in [6.45, 7) is 2.17. The summed E-state index contributed by atoms with van der Waals surface area (Å²) in [5, 5.41) is 8.31. The lowest BCUT2D eigenvalue weighted by Crippen LogP contribution is -1.82. The van der Waals surface area contributed by atoms with Crippen molar-refractivity contribution in [2.75, 3.05) is 0 Å². The van der Waals surface area contributed by atoms with Crippen LogP contribution in [0.5, 0.6) is 0 Å². The van der Waals surface area contributed by atoms with Crippen molar-refractivity contribution in [1.82, 2.24) is 0 Å². The van der Waals surface area contributed by atoms with E-state index >= 15 is 0 Å². The van der Waals surface area contributed by atoms with Crippen molar-refractivity contribution >= 4 is 0 Å². The Kier molecular flexibility index (Phi) is 4.32. The monoisotopic (exact) mass is 183 g/mol. The molecule has 0 N–H and O–H groups in total. The molecule has 0 aliphatic rings. The molecule has 0 aliphatic heterocycles. The van der Waals surface area contributed by atoms with Crippen molar-refractivity contribution in [3.8, 4) is 17.9 Å². The average molecular weight is 183 g/mol. The summed E-state index contributed by atoms with van der Waals surface area (Å²) >= 11 is 0. The van der Waals surface area contributed by atoms with Crippen LogP contribution in [-0.2, 0) is 6.42 Å². The van der Waals surface area contributed by atoms with Crippen LogP contribution < -0.4 is 0 Å². The maximum absolute atomic E-state index is 8.31. The molecule has 0 saturated carbocycles. The van der Waals surface area contributed by atoms with E-state index in [0.29, 0.717) is 6.42 Å². The number of benzene rings is 1. The molecule has 1 aromatic rings. The average Bonchev–Trinajstić information content (AvgIpc) is 2.21. The third-order valence-electron chi connectivity index (χ3n) is 1.89. The molecule has 1 rings (SSSR count). The van der Waals surface area contributed by atoms with Crippen LogP contribution in [0.3, 0.4) is 0 Å². The van der Waals surface area contributed by atoms with Gasteiger partial charge in [-0.2, -0.15) is 5.26 Å². The SMILES string of the molecule is CCCc1ccc(C#CCC#N)cc1. The highest BCUT2D eigenvalue weighted by Crippen LogP contribution is 2.05. The van der Waals surface area contributed by atoms with Gasteiger partial charge < -0.3 is 0 Å². The van der Waals surface area contributed by atoms with E-state index in [1.807, 2.05) is 18.2 Å². The maximum Gasteiger partial charge on any atom is 0.0966 e. The van der Waals surface area contributed by atoms with Crippen LogP contribution in [0.1, 0.15) is 30.9 Å². The van der Waals surface area contributed by atoms with Gasteiger partial charge >= 0.3 is 0 Å². The molecule has 1 nitrogen and oxygen atoms in total. The first kappa shape index (κ1) is 10.4. The Hall–Kier alpha value is -1.73. The lowest BCUT2D eigenvalue weighted by atomic mass is 10.1. The molecule has 14 heavy (non-hydrogen) atoms.